The van der Waals surface area contributed by atoms with E-state index in [0.717, 1.165) is 0 Å². The molecule has 1 amide bonds. The Morgan fingerprint density at radius 2 is 2.10 bits per heavy atom. The average Bonchev–Trinajstić information content (AvgIpc) is 2.95. The Kier molecular flexibility index (Phi) is 4.43. The lowest BCUT2D eigenvalue weighted by Gasteiger charge is -2.12. The van der Waals surface area contributed by atoms with Gasteiger partial charge in [-0.25, -0.2) is 0 Å². The highest BCUT2D eigenvalue weighted by molar-refractivity contribution is 7.92. The summed E-state index contributed by atoms with van der Waals surface area (Å²) in [6.07, 6.45) is 1.38. The van der Waals surface area contributed by atoms with Crippen LogP contribution in [0, 0.1) is 0 Å². The minimum atomic E-state index is -3.77. The van der Waals surface area contributed by atoms with Crippen molar-refractivity contribution >= 4 is 21.6 Å². The fourth-order valence-electron chi connectivity index (χ4n) is 1.53. The molecule has 0 aliphatic heterocycles. The van der Waals surface area contributed by atoms with Gasteiger partial charge >= 0.3 is 0 Å². The Balaban J connectivity index is 2.15. The Labute approximate surface area is 121 Å². The quantitative estimate of drug-likeness (QED) is 0.685. The second kappa shape index (κ2) is 6.27. The van der Waals surface area contributed by atoms with Gasteiger partial charge in [0.05, 0.1) is 24.9 Å². The third-order valence-electron chi connectivity index (χ3n) is 2.50. The summed E-state index contributed by atoms with van der Waals surface area (Å²) in [5, 5.41) is 5.91. The van der Waals surface area contributed by atoms with Crippen molar-refractivity contribution in [3.63, 3.8) is 0 Å². The molecule has 2 rings (SSSR count). The number of carbonyl (C=O) groups is 1. The molecule has 0 spiro atoms. The standard InChI is InChI=1S/C12H14N4O4S/c13-11(17)6-8-20-10-4-2-1-3-9(10)16-21(18,19)12-5-7-14-15-12/h1-5,7,16H,6,8H2,(H2,13,17)(H,14,15). The summed E-state index contributed by atoms with van der Waals surface area (Å²) in [5.41, 5.74) is 5.28. The fourth-order valence-corrected chi connectivity index (χ4v) is 2.51. The van der Waals surface area contributed by atoms with Gasteiger partial charge < -0.3 is 10.5 Å². The molecule has 0 saturated carbocycles. The highest BCUT2D eigenvalue weighted by atomic mass is 32.2. The first-order valence-corrected chi connectivity index (χ1v) is 7.50. The number of aromatic nitrogens is 2. The summed E-state index contributed by atoms with van der Waals surface area (Å²) in [6, 6.07) is 7.82. The van der Waals surface area contributed by atoms with Crippen molar-refractivity contribution in [3.05, 3.63) is 36.5 Å². The van der Waals surface area contributed by atoms with Gasteiger partial charge in [-0.1, -0.05) is 12.1 Å². The van der Waals surface area contributed by atoms with E-state index in [1.54, 1.807) is 24.3 Å². The Morgan fingerprint density at radius 1 is 1.33 bits per heavy atom. The number of nitrogens with zero attached hydrogens (tertiary/aromatic N) is 1. The normalized spacial score (nSPS) is 11.0. The first-order valence-electron chi connectivity index (χ1n) is 6.01. The van der Waals surface area contributed by atoms with Gasteiger partial charge in [-0.3, -0.25) is 14.6 Å². The van der Waals surface area contributed by atoms with Gasteiger partial charge in [0.1, 0.15) is 5.75 Å². The number of primary amides is 1. The number of para-hydroxylation sites is 2. The Morgan fingerprint density at radius 3 is 2.76 bits per heavy atom. The van der Waals surface area contributed by atoms with Gasteiger partial charge in [0, 0.05) is 0 Å². The van der Waals surface area contributed by atoms with Gasteiger partial charge in [-0.2, -0.15) is 13.5 Å². The van der Waals surface area contributed by atoms with Gasteiger partial charge in [-0.05, 0) is 18.2 Å². The number of H-pyrrole nitrogens is 1. The van der Waals surface area contributed by atoms with E-state index in [4.69, 9.17) is 10.5 Å². The maximum Gasteiger partial charge on any atom is 0.278 e. The maximum absolute atomic E-state index is 12.1. The molecule has 21 heavy (non-hydrogen) atoms. The summed E-state index contributed by atoms with van der Waals surface area (Å²) >= 11 is 0. The van der Waals surface area contributed by atoms with Crippen molar-refractivity contribution in [3.8, 4) is 5.75 Å². The molecule has 4 N–H and O–H groups in total. The van der Waals surface area contributed by atoms with Gasteiger partial charge in [0.15, 0.2) is 5.03 Å². The molecule has 112 valence electrons. The summed E-state index contributed by atoms with van der Waals surface area (Å²) in [4.78, 5) is 10.7. The number of carbonyl (C=O) groups excluding carboxylic acids is 1. The molecule has 0 saturated heterocycles. The molecule has 0 fully saturated rings. The van der Waals surface area contributed by atoms with E-state index in [2.05, 4.69) is 14.9 Å². The van der Waals surface area contributed by atoms with Crippen LogP contribution in [-0.2, 0) is 14.8 Å². The van der Waals surface area contributed by atoms with Crippen molar-refractivity contribution < 1.29 is 17.9 Å². The number of hydrogen-bond donors (Lipinski definition) is 3. The van der Waals surface area contributed by atoms with Gasteiger partial charge in [0.2, 0.25) is 5.91 Å². The van der Waals surface area contributed by atoms with Crippen LogP contribution in [0.25, 0.3) is 0 Å². The number of nitrogens with two attached hydrogens (primary N) is 1. The summed E-state index contributed by atoms with van der Waals surface area (Å²) < 4.78 is 31.9. The third-order valence-corrected chi connectivity index (χ3v) is 3.80. The SMILES string of the molecule is NC(=O)CCOc1ccccc1NS(=O)(=O)c1ccn[nH]1. The zero-order valence-electron chi connectivity index (χ0n) is 10.9. The van der Waals surface area contributed by atoms with Crippen LogP contribution in [0.5, 0.6) is 5.75 Å². The Bertz CT molecular complexity index is 713. The van der Waals surface area contributed by atoms with Crippen LogP contribution in [0.2, 0.25) is 0 Å². The van der Waals surface area contributed by atoms with Crippen LogP contribution in [-0.4, -0.2) is 31.1 Å². The lowest BCUT2D eigenvalue weighted by Crippen LogP contribution is -2.16. The van der Waals surface area contributed by atoms with E-state index in [1.807, 2.05) is 0 Å². The highest BCUT2D eigenvalue weighted by Crippen LogP contribution is 2.26. The molecule has 1 aromatic carbocycles. The summed E-state index contributed by atoms with van der Waals surface area (Å²) in [5.74, 6) is -0.188. The third kappa shape index (κ3) is 3.96. The van der Waals surface area contributed by atoms with Crippen LogP contribution in [0.3, 0.4) is 0 Å². The zero-order chi connectivity index (χ0) is 15.3. The number of hydrogen-bond acceptors (Lipinski definition) is 5. The smallest absolute Gasteiger partial charge is 0.278 e. The number of anilines is 1. The van der Waals surface area contributed by atoms with Crippen molar-refractivity contribution in [2.45, 2.75) is 11.4 Å². The molecule has 8 nitrogen and oxygen atoms in total. The zero-order valence-corrected chi connectivity index (χ0v) is 11.8. The monoisotopic (exact) mass is 310 g/mol. The van der Waals surface area contributed by atoms with Crippen LogP contribution < -0.4 is 15.2 Å². The number of amides is 1. The first-order chi connectivity index (χ1) is 9.99. The summed E-state index contributed by atoms with van der Waals surface area (Å²) in [6.45, 7) is 0.0676. The molecule has 0 unspecified atom stereocenters. The number of benzene rings is 1. The van der Waals surface area contributed by atoms with Crippen LogP contribution in [0.4, 0.5) is 5.69 Å². The number of ether oxygens (including phenoxy) is 1. The van der Waals surface area contributed by atoms with E-state index in [0.29, 0.717) is 5.75 Å². The largest absolute Gasteiger partial charge is 0.491 e. The number of nitrogens with one attached hydrogen (secondary N) is 2. The molecular formula is C12H14N4O4S. The van der Waals surface area contributed by atoms with Gasteiger partial charge in [-0.15, -0.1) is 0 Å². The number of rotatable bonds is 7. The summed E-state index contributed by atoms with van der Waals surface area (Å²) in [7, 11) is -3.77. The van der Waals surface area contributed by atoms with E-state index in [-0.39, 0.29) is 23.7 Å². The maximum atomic E-state index is 12.1. The lowest BCUT2D eigenvalue weighted by atomic mass is 10.3. The van der Waals surface area contributed by atoms with Crippen molar-refractivity contribution in [2.75, 3.05) is 11.3 Å². The van der Waals surface area contributed by atoms with E-state index in [9.17, 15) is 13.2 Å². The topological polar surface area (TPSA) is 127 Å². The van der Waals surface area contributed by atoms with Crippen LogP contribution in [0.1, 0.15) is 6.42 Å². The predicted molar refractivity (Wildman–Crippen MR) is 75.1 cm³/mol. The minimum absolute atomic E-state index is 0.0433. The Hall–Kier alpha value is -2.55. The molecule has 1 aromatic heterocycles. The molecule has 9 heteroatoms. The van der Waals surface area contributed by atoms with Crippen LogP contribution in [0.15, 0.2) is 41.6 Å². The first kappa shape index (κ1) is 14.9. The molecular weight excluding hydrogens is 296 g/mol. The van der Waals surface area contributed by atoms with E-state index < -0.39 is 15.9 Å². The van der Waals surface area contributed by atoms with E-state index in [1.165, 1.54) is 12.3 Å². The van der Waals surface area contributed by atoms with Crippen LogP contribution >= 0.6 is 0 Å². The van der Waals surface area contributed by atoms with Crippen molar-refractivity contribution in [1.82, 2.24) is 10.2 Å². The second-order valence-electron chi connectivity index (χ2n) is 4.09. The van der Waals surface area contributed by atoms with Gasteiger partial charge in [0.25, 0.3) is 10.0 Å². The molecule has 0 aliphatic rings. The lowest BCUT2D eigenvalue weighted by molar-refractivity contribution is -0.118. The molecule has 0 radical (unpaired) electrons. The van der Waals surface area contributed by atoms with E-state index >= 15 is 0 Å². The molecule has 2 aromatic rings. The molecule has 1 heterocycles. The predicted octanol–water partition coefficient (Wildman–Crippen LogP) is 0.465. The molecule has 0 atom stereocenters. The van der Waals surface area contributed by atoms with Crippen molar-refractivity contribution in [1.29, 1.82) is 0 Å². The second-order valence-corrected chi connectivity index (χ2v) is 5.74. The number of aromatic amines is 1. The fraction of sp³-hybridized carbons (Fsp3) is 0.167. The minimum Gasteiger partial charge on any atom is -0.491 e. The molecule has 0 aliphatic carbocycles. The molecule has 0 bridgehead atoms. The average molecular weight is 310 g/mol. The highest BCUT2D eigenvalue weighted by Gasteiger charge is 2.17. The van der Waals surface area contributed by atoms with Crippen molar-refractivity contribution in [2.24, 2.45) is 5.73 Å². The number of sulfonamides is 1.